The summed E-state index contributed by atoms with van der Waals surface area (Å²) >= 11 is 0. The first-order chi connectivity index (χ1) is 11.2. The van der Waals surface area contributed by atoms with Crippen LogP contribution in [-0.2, 0) is 11.3 Å². The minimum atomic E-state index is -0.281. The van der Waals surface area contributed by atoms with Gasteiger partial charge in [-0.1, -0.05) is 17.7 Å². The molecule has 1 aromatic rings. The molecule has 0 spiro atoms. The van der Waals surface area contributed by atoms with Gasteiger partial charge >= 0.3 is 5.97 Å². The number of esters is 1. The molecule has 4 nitrogen and oxygen atoms in total. The lowest BCUT2D eigenvalue weighted by molar-refractivity contribution is 0.0600. The van der Waals surface area contributed by atoms with E-state index in [1.807, 2.05) is 24.3 Å². The Morgan fingerprint density at radius 2 is 1.87 bits per heavy atom. The van der Waals surface area contributed by atoms with Crippen LogP contribution < -0.4 is 5.73 Å². The molecule has 4 heteroatoms. The molecule has 1 heterocycles. The Morgan fingerprint density at radius 1 is 1.22 bits per heavy atom. The summed E-state index contributed by atoms with van der Waals surface area (Å²) in [5.74, 6) is 0.306. The van der Waals surface area contributed by atoms with Crippen LogP contribution in [-0.4, -0.2) is 31.1 Å². The van der Waals surface area contributed by atoms with Crippen molar-refractivity contribution in [3.63, 3.8) is 0 Å². The molecule has 1 aliphatic heterocycles. The fourth-order valence-electron chi connectivity index (χ4n) is 3.46. The summed E-state index contributed by atoms with van der Waals surface area (Å²) in [6, 6.07) is 7.71. The second kappa shape index (κ2) is 7.18. The number of nitrogens with two attached hydrogens (primary N) is 1. The minimum Gasteiger partial charge on any atom is -0.465 e. The number of hydrogen-bond donors (Lipinski definition) is 1. The molecule has 0 aromatic heterocycles. The van der Waals surface area contributed by atoms with Gasteiger partial charge in [-0.05, 0) is 62.9 Å². The molecular formula is C19H26N2O2. The number of methoxy groups -OCH3 is 1. The number of carbonyl (C=O) groups is 1. The van der Waals surface area contributed by atoms with Crippen LogP contribution in [0.3, 0.4) is 0 Å². The lowest BCUT2D eigenvalue weighted by atomic mass is 9.83. The molecule has 0 amide bonds. The second-order valence-electron chi connectivity index (χ2n) is 6.65. The van der Waals surface area contributed by atoms with Gasteiger partial charge in [0.1, 0.15) is 0 Å². The molecule has 124 valence electrons. The van der Waals surface area contributed by atoms with Crippen LogP contribution in [0.2, 0.25) is 0 Å². The van der Waals surface area contributed by atoms with E-state index in [1.165, 1.54) is 43.2 Å². The van der Waals surface area contributed by atoms with Crippen molar-refractivity contribution in [2.24, 2.45) is 11.7 Å². The Bertz CT molecular complexity index is 578. The van der Waals surface area contributed by atoms with Crippen LogP contribution >= 0.6 is 0 Å². The number of hydrogen-bond acceptors (Lipinski definition) is 4. The van der Waals surface area contributed by atoms with Crippen LogP contribution in [0.15, 0.2) is 35.5 Å². The molecule has 0 radical (unpaired) electrons. The molecule has 2 N–H and O–H groups in total. The molecule has 1 aromatic carbocycles. The van der Waals surface area contributed by atoms with Crippen LogP contribution in [0, 0.1) is 5.92 Å². The number of likely N-dealkylation sites (tertiary alicyclic amines) is 1. The van der Waals surface area contributed by atoms with E-state index in [0.29, 0.717) is 11.5 Å². The van der Waals surface area contributed by atoms with Crippen LogP contribution in [0.5, 0.6) is 0 Å². The summed E-state index contributed by atoms with van der Waals surface area (Å²) in [7, 11) is 1.41. The summed E-state index contributed by atoms with van der Waals surface area (Å²) in [5, 5.41) is 0. The van der Waals surface area contributed by atoms with E-state index in [4.69, 9.17) is 10.5 Å². The number of carbonyl (C=O) groups excluding carboxylic acids is 1. The number of allylic oxidation sites excluding steroid dienone is 2. The van der Waals surface area contributed by atoms with Crippen molar-refractivity contribution < 1.29 is 9.53 Å². The number of nitrogens with zero attached hydrogens (tertiary/aromatic N) is 1. The van der Waals surface area contributed by atoms with Crippen molar-refractivity contribution in [1.82, 2.24) is 4.90 Å². The molecule has 3 rings (SSSR count). The first-order valence-electron chi connectivity index (χ1n) is 8.54. The predicted octanol–water partition coefficient (Wildman–Crippen LogP) is 3.08. The summed E-state index contributed by atoms with van der Waals surface area (Å²) < 4.78 is 4.73. The summed E-state index contributed by atoms with van der Waals surface area (Å²) in [5.41, 5.74) is 10.9. The standard InChI is InChI=1S/C19H26N2O2/c1-23-19(22)17-7-5-14(6-8-17)13-21-11-9-16(10-12-21)18(20)15-3-2-4-15/h5-8,16H,2-4,9-13,20H2,1H3. The van der Waals surface area contributed by atoms with E-state index in [9.17, 15) is 4.79 Å². The summed E-state index contributed by atoms with van der Waals surface area (Å²) in [6.45, 7) is 3.12. The molecule has 0 atom stereocenters. The van der Waals surface area contributed by atoms with Crippen molar-refractivity contribution in [1.29, 1.82) is 0 Å². The van der Waals surface area contributed by atoms with Crippen molar-refractivity contribution >= 4 is 5.97 Å². The topological polar surface area (TPSA) is 55.6 Å². The van der Waals surface area contributed by atoms with Gasteiger partial charge in [-0.15, -0.1) is 0 Å². The Morgan fingerprint density at radius 3 is 2.39 bits per heavy atom. The highest BCUT2D eigenvalue weighted by molar-refractivity contribution is 5.89. The van der Waals surface area contributed by atoms with Crippen molar-refractivity contribution in [2.45, 2.75) is 38.6 Å². The maximum atomic E-state index is 11.5. The average Bonchev–Trinajstić information content (AvgIpc) is 2.54. The second-order valence-corrected chi connectivity index (χ2v) is 6.65. The molecule has 0 unspecified atom stereocenters. The zero-order chi connectivity index (χ0) is 16.2. The van der Waals surface area contributed by atoms with Gasteiger partial charge < -0.3 is 10.5 Å². The zero-order valence-corrected chi connectivity index (χ0v) is 13.9. The molecule has 1 saturated heterocycles. The SMILES string of the molecule is COC(=O)c1ccc(CN2CCC(C(N)=C3CCC3)CC2)cc1. The van der Waals surface area contributed by atoms with E-state index in [-0.39, 0.29) is 5.97 Å². The Kier molecular flexibility index (Phi) is 5.01. The van der Waals surface area contributed by atoms with Crippen molar-refractivity contribution in [2.75, 3.05) is 20.2 Å². The van der Waals surface area contributed by atoms with Crippen LogP contribution in [0.1, 0.15) is 48.0 Å². The molecule has 1 aliphatic carbocycles. The smallest absolute Gasteiger partial charge is 0.337 e. The number of ether oxygens (including phenoxy) is 1. The maximum absolute atomic E-state index is 11.5. The molecule has 2 fully saturated rings. The Labute approximate surface area is 138 Å². The predicted molar refractivity (Wildman–Crippen MR) is 90.8 cm³/mol. The van der Waals surface area contributed by atoms with E-state index in [0.717, 1.165) is 32.5 Å². The summed E-state index contributed by atoms with van der Waals surface area (Å²) in [4.78, 5) is 13.9. The largest absolute Gasteiger partial charge is 0.465 e. The summed E-state index contributed by atoms with van der Waals surface area (Å²) in [6.07, 6.45) is 6.08. The highest BCUT2D eigenvalue weighted by Crippen LogP contribution is 2.33. The monoisotopic (exact) mass is 314 g/mol. The van der Waals surface area contributed by atoms with Gasteiger partial charge in [-0.3, -0.25) is 4.90 Å². The van der Waals surface area contributed by atoms with E-state index >= 15 is 0 Å². The lowest BCUT2D eigenvalue weighted by Gasteiger charge is -2.34. The molecule has 1 saturated carbocycles. The van der Waals surface area contributed by atoms with Gasteiger partial charge in [0.05, 0.1) is 12.7 Å². The normalized spacial score (nSPS) is 19.3. The van der Waals surface area contributed by atoms with Gasteiger partial charge in [0.15, 0.2) is 0 Å². The Hall–Kier alpha value is -1.81. The molecule has 23 heavy (non-hydrogen) atoms. The number of rotatable bonds is 4. The first-order valence-corrected chi connectivity index (χ1v) is 8.54. The van der Waals surface area contributed by atoms with Gasteiger partial charge in [-0.2, -0.15) is 0 Å². The third kappa shape index (κ3) is 3.75. The molecule has 0 bridgehead atoms. The van der Waals surface area contributed by atoms with Crippen LogP contribution in [0.25, 0.3) is 0 Å². The number of benzene rings is 1. The third-order valence-electron chi connectivity index (χ3n) is 5.17. The maximum Gasteiger partial charge on any atom is 0.337 e. The van der Waals surface area contributed by atoms with Crippen molar-refractivity contribution in [3.8, 4) is 0 Å². The van der Waals surface area contributed by atoms with Gasteiger partial charge in [0, 0.05) is 18.2 Å². The highest BCUT2D eigenvalue weighted by Gasteiger charge is 2.24. The average molecular weight is 314 g/mol. The van der Waals surface area contributed by atoms with E-state index in [1.54, 1.807) is 0 Å². The lowest BCUT2D eigenvalue weighted by Crippen LogP contribution is -2.35. The fraction of sp³-hybridized carbons (Fsp3) is 0.526. The molecule has 2 aliphatic rings. The fourth-order valence-corrected chi connectivity index (χ4v) is 3.46. The van der Waals surface area contributed by atoms with Gasteiger partial charge in [-0.25, -0.2) is 4.79 Å². The van der Waals surface area contributed by atoms with Gasteiger partial charge in [0.25, 0.3) is 0 Å². The van der Waals surface area contributed by atoms with E-state index < -0.39 is 0 Å². The third-order valence-corrected chi connectivity index (χ3v) is 5.17. The van der Waals surface area contributed by atoms with Gasteiger partial charge in [0.2, 0.25) is 0 Å². The zero-order valence-electron chi connectivity index (χ0n) is 13.9. The van der Waals surface area contributed by atoms with Crippen molar-refractivity contribution in [3.05, 3.63) is 46.7 Å². The van der Waals surface area contributed by atoms with Crippen LogP contribution in [0.4, 0.5) is 0 Å². The number of piperidine rings is 1. The Balaban J connectivity index is 1.51. The highest BCUT2D eigenvalue weighted by atomic mass is 16.5. The quantitative estimate of drug-likeness (QED) is 0.868. The minimum absolute atomic E-state index is 0.281. The molecular weight excluding hydrogens is 288 g/mol. The van der Waals surface area contributed by atoms with E-state index in [2.05, 4.69) is 4.90 Å². The first kappa shape index (κ1) is 16.1.